The van der Waals surface area contributed by atoms with Crippen LogP contribution in [0.2, 0.25) is 0 Å². The third-order valence-corrected chi connectivity index (χ3v) is 9.43. The molecule has 0 aliphatic rings. The summed E-state index contributed by atoms with van der Waals surface area (Å²) < 4.78 is 70.0. The molecule has 3 aromatic carbocycles. The van der Waals surface area contributed by atoms with Gasteiger partial charge in [-0.2, -0.15) is 25.2 Å². The Morgan fingerprint density at radius 3 is 1.55 bits per heavy atom. The number of hydrogen-bond acceptors (Lipinski definition) is 3. The maximum atomic E-state index is 13.4. The Labute approximate surface area is 182 Å². The molecule has 3 rings (SSSR count). The third kappa shape index (κ3) is 4.97. The fraction of sp³-hybridized carbons (Fsp3) is 0.217. The van der Waals surface area contributed by atoms with Gasteiger partial charge in [0.2, 0.25) is 0 Å². The fourth-order valence-corrected chi connectivity index (χ4v) is 7.95. The standard InChI is InChI=1S/C23H23F3O3S2/c1-18(2)17-19-13-15-22(16-14-19)30(20-9-5-3-6-10-20,21-11-7-4-8-12-21)29-31(27,28)23(24,25)26/h3-16,18H,17H2,1-2H3. The van der Waals surface area contributed by atoms with Crippen LogP contribution < -0.4 is 0 Å². The van der Waals surface area contributed by atoms with Gasteiger partial charge in [-0.3, -0.25) is 0 Å². The van der Waals surface area contributed by atoms with Gasteiger partial charge in [0.25, 0.3) is 0 Å². The van der Waals surface area contributed by atoms with E-state index in [-0.39, 0.29) is 0 Å². The molecule has 3 aromatic rings. The molecule has 0 spiro atoms. The molecular formula is C23H23F3O3S2. The highest BCUT2D eigenvalue weighted by atomic mass is 32.3. The lowest BCUT2D eigenvalue weighted by molar-refractivity contribution is -0.0496. The van der Waals surface area contributed by atoms with Crippen molar-refractivity contribution in [3.63, 3.8) is 0 Å². The lowest BCUT2D eigenvalue weighted by Gasteiger charge is -2.39. The molecule has 0 fully saturated rings. The highest BCUT2D eigenvalue weighted by Crippen LogP contribution is 2.70. The lowest BCUT2D eigenvalue weighted by atomic mass is 10.0. The van der Waals surface area contributed by atoms with E-state index in [1.807, 2.05) is 12.1 Å². The Balaban J connectivity index is 2.30. The largest absolute Gasteiger partial charge is 0.524 e. The Hall–Kier alpha value is -2.29. The van der Waals surface area contributed by atoms with E-state index in [0.29, 0.717) is 20.6 Å². The van der Waals surface area contributed by atoms with Gasteiger partial charge in [0, 0.05) is 14.7 Å². The van der Waals surface area contributed by atoms with E-state index < -0.39 is 25.9 Å². The summed E-state index contributed by atoms with van der Waals surface area (Å²) in [5, 5.41) is 0. The summed E-state index contributed by atoms with van der Waals surface area (Å²) in [6, 6.07) is 23.3. The van der Waals surface area contributed by atoms with Gasteiger partial charge in [-0.05, 0) is 64.6 Å². The second kappa shape index (κ2) is 9.06. The Morgan fingerprint density at radius 1 is 0.742 bits per heavy atom. The predicted octanol–water partition coefficient (Wildman–Crippen LogP) is 6.95. The molecule has 8 heteroatoms. The van der Waals surface area contributed by atoms with E-state index in [0.717, 1.165) is 12.0 Å². The molecule has 166 valence electrons. The molecule has 0 aliphatic carbocycles. The minimum Gasteiger partial charge on any atom is -0.200 e. The van der Waals surface area contributed by atoms with Crippen molar-refractivity contribution in [2.24, 2.45) is 5.92 Å². The lowest BCUT2D eigenvalue weighted by Crippen LogP contribution is -2.27. The van der Waals surface area contributed by atoms with Gasteiger partial charge in [0.05, 0.1) is 0 Å². The molecule has 0 radical (unpaired) electrons. The third-order valence-electron chi connectivity index (χ3n) is 4.52. The zero-order valence-electron chi connectivity index (χ0n) is 17.0. The van der Waals surface area contributed by atoms with Gasteiger partial charge in [-0.15, -0.1) is 0 Å². The van der Waals surface area contributed by atoms with Crippen molar-refractivity contribution in [3.8, 4) is 0 Å². The monoisotopic (exact) mass is 468 g/mol. The van der Waals surface area contributed by atoms with Crippen molar-refractivity contribution in [1.82, 2.24) is 0 Å². The molecule has 0 aromatic heterocycles. The zero-order chi connectivity index (χ0) is 22.7. The molecule has 0 bridgehead atoms. The van der Waals surface area contributed by atoms with Gasteiger partial charge in [-0.25, -0.2) is 0 Å². The number of hydrogen-bond donors (Lipinski definition) is 0. The van der Waals surface area contributed by atoms with Crippen molar-refractivity contribution in [1.29, 1.82) is 0 Å². The predicted molar refractivity (Wildman–Crippen MR) is 116 cm³/mol. The van der Waals surface area contributed by atoms with Crippen LogP contribution >= 0.6 is 10.3 Å². The average molecular weight is 469 g/mol. The Bertz CT molecular complexity index is 1060. The topological polar surface area (TPSA) is 43.4 Å². The van der Waals surface area contributed by atoms with Crippen LogP contribution in [0.3, 0.4) is 0 Å². The molecule has 31 heavy (non-hydrogen) atoms. The van der Waals surface area contributed by atoms with Gasteiger partial charge in [-0.1, -0.05) is 62.4 Å². The quantitative estimate of drug-likeness (QED) is 0.353. The van der Waals surface area contributed by atoms with Crippen LogP contribution in [0.4, 0.5) is 13.2 Å². The first kappa shape index (κ1) is 23.4. The molecule has 3 nitrogen and oxygen atoms in total. The summed E-state index contributed by atoms with van der Waals surface area (Å²) in [7, 11) is -9.12. The van der Waals surface area contributed by atoms with Crippen molar-refractivity contribution < 1.29 is 25.2 Å². The Kier molecular flexibility index (Phi) is 6.83. The first-order valence-electron chi connectivity index (χ1n) is 9.61. The molecule has 0 amide bonds. The fourth-order valence-electron chi connectivity index (χ4n) is 3.21. The number of halogens is 3. The van der Waals surface area contributed by atoms with Crippen LogP contribution in [0.25, 0.3) is 0 Å². The first-order chi connectivity index (χ1) is 14.6. The SMILES string of the molecule is CC(C)Cc1ccc(S(OS(=O)(=O)C(F)(F)F)(c2ccccc2)c2ccccc2)cc1. The molecule has 0 N–H and O–H groups in total. The van der Waals surface area contributed by atoms with Crippen LogP contribution in [-0.4, -0.2) is 13.9 Å². The van der Waals surface area contributed by atoms with Crippen LogP contribution in [0.5, 0.6) is 0 Å². The van der Waals surface area contributed by atoms with Crippen LogP contribution in [0.1, 0.15) is 19.4 Å². The molecular weight excluding hydrogens is 445 g/mol. The van der Waals surface area contributed by atoms with Gasteiger partial charge >= 0.3 is 15.6 Å². The van der Waals surface area contributed by atoms with E-state index in [9.17, 15) is 21.6 Å². The highest BCUT2D eigenvalue weighted by Gasteiger charge is 2.52. The first-order valence-corrected chi connectivity index (χ1v) is 12.6. The maximum Gasteiger partial charge on any atom is 0.524 e. The van der Waals surface area contributed by atoms with Crippen molar-refractivity contribution in [3.05, 3.63) is 90.5 Å². The van der Waals surface area contributed by atoms with Gasteiger partial charge in [0.15, 0.2) is 0 Å². The van der Waals surface area contributed by atoms with E-state index in [4.69, 9.17) is 3.63 Å². The molecule has 0 saturated carbocycles. The van der Waals surface area contributed by atoms with Crippen molar-refractivity contribution in [2.75, 3.05) is 0 Å². The summed E-state index contributed by atoms with van der Waals surface area (Å²) in [6.45, 7) is 4.13. The smallest absolute Gasteiger partial charge is 0.200 e. The number of benzene rings is 3. The average Bonchev–Trinajstić information content (AvgIpc) is 2.73. The second-order valence-corrected chi connectivity index (χ2v) is 11.8. The number of rotatable bonds is 7. The van der Waals surface area contributed by atoms with E-state index >= 15 is 0 Å². The second-order valence-electron chi connectivity index (χ2n) is 7.39. The summed E-state index contributed by atoms with van der Waals surface area (Å²) in [5.41, 5.74) is -4.54. The van der Waals surface area contributed by atoms with Crippen LogP contribution in [-0.2, 0) is 20.2 Å². The zero-order valence-corrected chi connectivity index (χ0v) is 18.7. The minimum absolute atomic E-state index is 0.352. The summed E-state index contributed by atoms with van der Waals surface area (Å²) in [4.78, 5) is 1.07. The molecule has 0 atom stereocenters. The molecule has 0 heterocycles. The van der Waals surface area contributed by atoms with E-state index in [1.165, 1.54) is 0 Å². The van der Waals surface area contributed by atoms with Gasteiger partial charge in [0.1, 0.15) is 0 Å². The molecule has 0 unspecified atom stereocenters. The van der Waals surface area contributed by atoms with E-state index in [2.05, 4.69) is 13.8 Å². The molecule has 0 saturated heterocycles. The maximum absolute atomic E-state index is 13.4. The van der Waals surface area contributed by atoms with Crippen molar-refractivity contribution >= 4 is 20.4 Å². The summed E-state index contributed by atoms with van der Waals surface area (Å²) in [6.07, 6.45) is 0.793. The highest BCUT2D eigenvalue weighted by molar-refractivity contribution is 8.33. The molecule has 0 aliphatic heterocycles. The van der Waals surface area contributed by atoms with E-state index in [1.54, 1.807) is 72.8 Å². The minimum atomic E-state index is -5.89. The van der Waals surface area contributed by atoms with Gasteiger partial charge < -0.3 is 0 Å². The summed E-state index contributed by atoms with van der Waals surface area (Å²) >= 11 is 0. The van der Waals surface area contributed by atoms with Crippen molar-refractivity contribution in [2.45, 2.75) is 40.5 Å². The summed E-state index contributed by atoms with van der Waals surface area (Å²) in [5.74, 6) is 0.396. The Morgan fingerprint density at radius 2 is 1.16 bits per heavy atom. The van der Waals surface area contributed by atoms with Crippen LogP contribution in [0.15, 0.2) is 99.6 Å². The number of alkyl halides is 3. The normalized spacial score (nSPS) is 13.4. The van der Waals surface area contributed by atoms with Crippen LogP contribution in [0, 0.1) is 5.92 Å².